The van der Waals surface area contributed by atoms with Gasteiger partial charge in [0, 0.05) is 5.39 Å². The molecule has 0 atom stereocenters. The van der Waals surface area contributed by atoms with Gasteiger partial charge in [0.05, 0.1) is 11.1 Å². The van der Waals surface area contributed by atoms with E-state index in [0.717, 1.165) is 24.0 Å². The fraction of sp³-hybridized carbons (Fsp3) is 0.200. The molecule has 0 saturated carbocycles. The monoisotopic (exact) mass is 321 g/mol. The zero-order valence-corrected chi connectivity index (χ0v) is 13.7. The highest BCUT2D eigenvalue weighted by molar-refractivity contribution is 5.99. The number of aromatic nitrogens is 1. The van der Waals surface area contributed by atoms with E-state index in [-0.39, 0.29) is 16.7 Å². The second kappa shape index (κ2) is 6.32. The molecular formula is C20H19NO3. The number of pyridine rings is 1. The Bertz CT molecular complexity index is 972. The normalized spacial score (nSPS) is 10.9. The highest BCUT2D eigenvalue weighted by atomic mass is 16.4. The smallest absolute Gasteiger partial charge is 0.353 e. The number of benzene rings is 2. The maximum absolute atomic E-state index is 13.1. The van der Waals surface area contributed by atoms with E-state index in [2.05, 4.69) is 11.9 Å². The summed E-state index contributed by atoms with van der Waals surface area (Å²) in [5.74, 6) is -1.13. The molecule has 0 saturated heterocycles. The number of fused-ring (bicyclic) bond motifs is 1. The van der Waals surface area contributed by atoms with Gasteiger partial charge in [-0.25, -0.2) is 4.79 Å². The van der Waals surface area contributed by atoms with Crippen LogP contribution in [0, 0.1) is 6.92 Å². The minimum absolute atomic E-state index is 0.0556. The van der Waals surface area contributed by atoms with Crippen molar-refractivity contribution < 1.29 is 9.90 Å². The molecule has 3 aromatic rings. The molecule has 2 N–H and O–H groups in total. The van der Waals surface area contributed by atoms with Crippen LogP contribution in [0.15, 0.2) is 47.3 Å². The van der Waals surface area contributed by atoms with Gasteiger partial charge in [-0.1, -0.05) is 49.7 Å². The van der Waals surface area contributed by atoms with Crippen LogP contribution in [0.25, 0.3) is 22.0 Å². The van der Waals surface area contributed by atoms with Gasteiger partial charge >= 0.3 is 5.97 Å². The van der Waals surface area contributed by atoms with Crippen LogP contribution in [-0.4, -0.2) is 16.1 Å². The molecule has 2 aromatic carbocycles. The van der Waals surface area contributed by atoms with Gasteiger partial charge in [0.1, 0.15) is 5.69 Å². The second-order valence-corrected chi connectivity index (χ2v) is 5.97. The first-order valence-electron chi connectivity index (χ1n) is 8.01. The summed E-state index contributed by atoms with van der Waals surface area (Å²) in [5, 5.41) is 10.2. The maximum atomic E-state index is 13.1. The minimum Gasteiger partial charge on any atom is -0.477 e. The van der Waals surface area contributed by atoms with E-state index in [1.807, 2.05) is 25.1 Å². The molecule has 0 aliphatic heterocycles. The van der Waals surface area contributed by atoms with Crippen LogP contribution in [0.4, 0.5) is 0 Å². The molecule has 122 valence electrons. The van der Waals surface area contributed by atoms with Gasteiger partial charge in [-0.2, -0.15) is 0 Å². The fourth-order valence-electron chi connectivity index (χ4n) is 3.13. The molecule has 0 unspecified atom stereocenters. The molecule has 3 rings (SSSR count). The lowest BCUT2D eigenvalue weighted by molar-refractivity contribution is 0.0692. The number of carboxylic acids is 1. The molecule has 0 aliphatic rings. The Labute approximate surface area is 139 Å². The van der Waals surface area contributed by atoms with Crippen LogP contribution in [0.5, 0.6) is 0 Å². The SMILES string of the molecule is CCCc1cc(C)cc2c(=O)c(-c3ccccc3)c(C(=O)O)[nH]c12. The minimum atomic E-state index is -1.13. The fourth-order valence-corrected chi connectivity index (χ4v) is 3.13. The Hall–Kier alpha value is -2.88. The predicted molar refractivity (Wildman–Crippen MR) is 95.7 cm³/mol. The van der Waals surface area contributed by atoms with Crippen molar-refractivity contribution in [3.8, 4) is 11.1 Å². The first-order valence-corrected chi connectivity index (χ1v) is 8.01. The van der Waals surface area contributed by atoms with Gasteiger partial charge < -0.3 is 10.1 Å². The maximum Gasteiger partial charge on any atom is 0.353 e. The molecule has 1 heterocycles. The Balaban J connectivity index is 2.45. The summed E-state index contributed by atoms with van der Waals surface area (Å²) >= 11 is 0. The number of carboxylic acid groups (broad SMARTS) is 1. The molecule has 0 radical (unpaired) electrons. The van der Waals surface area contributed by atoms with E-state index in [0.29, 0.717) is 16.5 Å². The third-order valence-electron chi connectivity index (χ3n) is 4.13. The largest absolute Gasteiger partial charge is 0.477 e. The van der Waals surface area contributed by atoms with Crippen molar-refractivity contribution in [2.45, 2.75) is 26.7 Å². The van der Waals surface area contributed by atoms with Crippen LogP contribution in [0.1, 0.15) is 35.0 Å². The molecule has 4 heteroatoms. The molecule has 1 aromatic heterocycles. The van der Waals surface area contributed by atoms with Crippen LogP contribution >= 0.6 is 0 Å². The van der Waals surface area contributed by atoms with Crippen molar-refractivity contribution in [3.63, 3.8) is 0 Å². The number of carbonyl (C=O) groups is 1. The zero-order chi connectivity index (χ0) is 17.3. The van der Waals surface area contributed by atoms with Gasteiger partial charge in [-0.05, 0) is 36.1 Å². The van der Waals surface area contributed by atoms with Crippen molar-refractivity contribution in [3.05, 3.63) is 69.5 Å². The molecule has 24 heavy (non-hydrogen) atoms. The van der Waals surface area contributed by atoms with Crippen molar-refractivity contribution in [1.29, 1.82) is 0 Å². The van der Waals surface area contributed by atoms with Crippen molar-refractivity contribution >= 4 is 16.9 Å². The molecule has 0 amide bonds. The van der Waals surface area contributed by atoms with E-state index in [4.69, 9.17) is 0 Å². The number of rotatable bonds is 4. The molecule has 0 aliphatic carbocycles. The number of hydrogen-bond acceptors (Lipinski definition) is 2. The Kier molecular flexibility index (Phi) is 4.21. The van der Waals surface area contributed by atoms with Crippen LogP contribution in [-0.2, 0) is 6.42 Å². The lowest BCUT2D eigenvalue weighted by Crippen LogP contribution is -2.16. The summed E-state index contributed by atoms with van der Waals surface area (Å²) in [7, 11) is 0. The summed E-state index contributed by atoms with van der Waals surface area (Å²) in [6.07, 6.45) is 1.71. The van der Waals surface area contributed by atoms with Crippen molar-refractivity contribution in [2.75, 3.05) is 0 Å². The topological polar surface area (TPSA) is 70.2 Å². The summed E-state index contributed by atoms with van der Waals surface area (Å²) in [6.45, 7) is 4.01. The number of aryl methyl sites for hydroxylation is 2. The summed E-state index contributed by atoms with van der Waals surface area (Å²) in [4.78, 5) is 27.9. The quantitative estimate of drug-likeness (QED) is 0.758. The number of aromatic amines is 1. The van der Waals surface area contributed by atoms with Crippen LogP contribution < -0.4 is 5.43 Å². The van der Waals surface area contributed by atoms with Gasteiger partial charge in [-0.3, -0.25) is 4.79 Å². The average molecular weight is 321 g/mol. The third kappa shape index (κ3) is 2.71. The predicted octanol–water partition coefficient (Wildman–Crippen LogP) is 4.15. The number of nitrogens with one attached hydrogen (secondary N) is 1. The molecule has 0 bridgehead atoms. The van der Waals surface area contributed by atoms with E-state index >= 15 is 0 Å². The first kappa shape index (κ1) is 16.0. The first-order chi connectivity index (χ1) is 11.5. The van der Waals surface area contributed by atoms with E-state index < -0.39 is 5.97 Å². The van der Waals surface area contributed by atoms with Gasteiger partial charge in [0.25, 0.3) is 0 Å². The van der Waals surface area contributed by atoms with Gasteiger partial charge in [0.15, 0.2) is 5.43 Å². The third-order valence-corrected chi connectivity index (χ3v) is 4.13. The molecule has 0 spiro atoms. The number of aromatic carboxylic acids is 1. The summed E-state index contributed by atoms with van der Waals surface area (Å²) in [5.41, 5.74) is 3.13. The van der Waals surface area contributed by atoms with E-state index in [1.54, 1.807) is 24.3 Å². The standard InChI is InChI=1S/C20H19NO3/c1-3-7-14-10-12(2)11-15-17(14)21-18(20(23)24)16(19(15)22)13-8-5-4-6-9-13/h4-6,8-11H,3,7H2,1-2H3,(H,21,22)(H,23,24). The Morgan fingerprint density at radius 3 is 2.50 bits per heavy atom. The van der Waals surface area contributed by atoms with E-state index in [1.165, 1.54) is 0 Å². The number of hydrogen-bond donors (Lipinski definition) is 2. The van der Waals surface area contributed by atoms with Gasteiger partial charge in [0.2, 0.25) is 0 Å². The van der Waals surface area contributed by atoms with Crippen LogP contribution in [0.3, 0.4) is 0 Å². The Morgan fingerprint density at radius 1 is 1.17 bits per heavy atom. The average Bonchev–Trinajstić information content (AvgIpc) is 2.56. The van der Waals surface area contributed by atoms with Crippen LogP contribution in [0.2, 0.25) is 0 Å². The van der Waals surface area contributed by atoms with E-state index in [9.17, 15) is 14.7 Å². The zero-order valence-electron chi connectivity index (χ0n) is 13.7. The summed E-state index contributed by atoms with van der Waals surface area (Å²) < 4.78 is 0. The van der Waals surface area contributed by atoms with Crippen molar-refractivity contribution in [2.24, 2.45) is 0 Å². The van der Waals surface area contributed by atoms with Crippen molar-refractivity contribution in [1.82, 2.24) is 4.98 Å². The number of H-pyrrole nitrogens is 1. The molecule has 4 nitrogen and oxygen atoms in total. The lowest BCUT2D eigenvalue weighted by Gasteiger charge is -2.12. The molecule has 0 fully saturated rings. The highest BCUT2D eigenvalue weighted by Crippen LogP contribution is 2.25. The lowest BCUT2D eigenvalue weighted by atomic mass is 9.96. The second-order valence-electron chi connectivity index (χ2n) is 5.97. The molecular weight excluding hydrogens is 302 g/mol. The Morgan fingerprint density at radius 2 is 1.88 bits per heavy atom. The highest BCUT2D eigenvalue weighted by Gasteiger charge is 2.20. The summed E-state index contributed by atoms with van der Waals surface area (Å²) in [6, 6.07) is 12.8. The van der Waals surface area contributed by atoms with Gasteiger partial charge in [-0.15, -0.1) is 0 Å².